The van der Waals surface area contributed by atoms with Crippen molar-refractivity contribution in [3.8, 4) is 5.75 Å². The molecule has 0 saturated heterocycles. The molecule has 1 aliphatic rings. The molecule has 0 radical (unpaired) electrons. The van der Waals surface area contributed by atoms with Gasteiger partial charge in [0.05, 0.1) is 12.1 Å². The third-order valence-corrected chi connectivity index (χ3v) is 6.14. The van der Waals surface area contributed by atoms with Gasteiger partial charge >= 0.3 is 0 Å². The molecule has 202 valence electrons. The topological polar surface area (TPSA) is 64.3 Å². The van der Waals surface area contributed by atoms with E-state index in [-0.39, 0.29) is 11.9 Å². The van der Waals surface area contributed by atoms with Gasteiger partial charge in [0, 0.05) is 12.5 Å². The number of fused-ring (bicyclic) bond motifs is 1. The molecule has 0 aromatic heterocycles. The van der Waals surface area contributed by atoms with E-state index in [1.807, 2.05) is 31.2 Å². The lowest BCUT2D eigenvalue weighted by Gasteiger charge is -2.26. The van der Waals surface area contributed by atoms with E-state index in [1.54, 1.807) is 6.92 Å². The standard InChI is InChI=1S/C19H21NO2.C6H14.C5H11F2N/c1-3-14-6-9-16-11-17(12-22-18(16)10-14)20-19(21)15-7-4-13(2)5-8-15;1-3-5-6-4-2;1-3-4(8)5(2,6)7/h4-10,17H,3,11-12H2,1-2H3,(H,20,21);3-6H2,1-2H3;4H,3,8H2,1-2H3. The van der Waals surface area contributed by atoms with Gasteiger partial charge in [-0.05, 0) is 55.5 Å². The lowest BCUT2D eigenvalue weighted by Crippen LogP contribution is -2.42. The summed E-state index contributed by atoms with van der Waals surface area (Å²) in [6.45, 7) is 11.6. The minimum Gasteiger partial charge on any atom is -0.491 e. The van der Waals surface area contributed by atoms with Gasteiger partial charge in [-0.1, -0.05) is 83.2 Å². The van der Waals surface area contributed by atoms with Crippen molar-refractivity contribution in [2.75, 3.05) is 6.61 Å². The van der Waals surface area contributed by atoms with E-state index in [9.17, 15) is 13.6 Å². The average molecular weight is 505 g/mol. The monoisotopic (exact) mass is 504 g/mol. The number of nitrogens with one attached hydrogen (secondary N) is 1. The number of carbonyl (C=O) groups is 1. The number of halogens is 2. The van der Waals surface area contributed by atoms with Crippen LogP contribution < -0.4 is 15.8 Å². The Morgan fingerprint density at radius 2 is 1.69 bits per heavy atom. The van der Waals surface area contributed by atoms with Gasteiger partial charge in [0.1, 0.15) is 12.4 Å². The highest BCUT2D eigenvalue weighted by Gasteiger charge is 2.28. The van der Waals surface area contributed by atoms with Gasteiger partial charge in [-0.25, -0.2) is 8.78 Å². The summed E-state index contributed by atoms with van der Waals surface area (Å²) >= 11 is 0. The second kappa shape index (κ2) is 16.3. The zero-order valence-corrected chi connectivity index (χ0v) is 23.0. The molecule has 3 N–H and O–H groups in total. The molecule has 2 unspecified atom stereocenters. The molecule has 3 rings (SSSR count). The predicted octanol–water partition coefficient (Wildman–Crippen LogP) is 7.26. The number of nitrogens with two attached hydrogens (primary N) is 1. The molecule has 2 aromatic carbocycles. The molecule has 6 heteroatoms. The normalized spacial score (nSPS) is 15.2. The summed E-state index contributed by atoms with van der Waals surface area (Å²) < 4.78 is 29.8. The Kier molecular flexibility index (Phi) is 14.3. The van der Waals surface area contributed by atoms with Gasteiger partial charge in [0.2, 0.25) is 0 Å². The number of hydrogen-bond acceptors (Lipinski definition) is 3. The number of amides is 1. The zero-order chi connectivity index (χ0) is 27.1. The highest BCUT2D eigenvalue weighted by Crippen LogP contribution is 2.26. The fourth-order valence-corrected chi connectivity index (χ4v) is 3.56. The van der Waals surface area contributed by atoms with E-state index in [1.165, 1.54) is 31.2 Å². The van der Waals surface area contributed by atoms with Gasteiger partial charge < -0.3 is 15.8 Å². The maximum atomic E-state index is 12.3. The number of unbranched alkanes of at least 4 members (excludes halogenated alkanes) is 3. The Hall–Kier alpha value is -2.47. The van der Waals surface area contributed by atoms with Crippen molar-refractivity contribution in [1.82, 2.24) is 5.32 Å². The van der Waals surface area contributed by atoms with E-state index in [2.05, 4.69) is 44.3 Å². The van der Waals surface area contributed by atoms with Crippen LogP contribution in [0.15, 0.2) is 42.5 Å². The molecule has 2 aromatic rings. The molecule has 2 atom stereocenters. The second-order valence-electron chi connectivity index (χ2n) is 9.53. The summed E-state index contributed by atoms with van der Waals surface area (Å²) in [5.41, 5.74) is 9.29. The van der Waals surface area contributed by atoms with Crippen LogP contribution in [0.3, 0.4) is 0 Å². The fourth-order valence-electron chi connectivity index (χ4n) is 3.56. The summed E-state index contributed by atoms with van der Waals surface area (Å²) in [6.07, 6.45) is 7.68. The summed E-state index contributed by atoms with van der Waals surface area (Å²) in [6, 6.07) is 13.0. The summed E-state index contributed by atoms with van der Waals surface area (Å²) in [5.74, 6) is -1.79. The van der Waals surface area contributed by atoms with Crippen LogP contribution in [0.1, 0.15) is 93.8 Å². The zero-order valence-electron chi connectivity index (χ0n) is 23.0. The maximum absolute atomic E-state index is 12.3. The molecule has 0 aliphatic carbocycles. The molecule has 1 aliphatic heterocycles. The Labute approximate surface area is 217 Å². The van der Waals surface area contributed by atoms with Gasteiger partial charge in [-0.2, -0.15) is 0 Å². The molecule has 0 saturated carbocycles. The van der Waals surface area contributed by atoms with Crippen LogP contribution >= 0.6 is 0 Å². The van der Waals surface area contributed by atoms with Crippen LogP contribution in [0, 0.1) is 6.92 Å². The van der Waals surface area contributed by atoms with Gasteiger partial charge in [-0.15, -0.1) is 0 Å². The molecule has 36 heavy (non-hydrogen) atoms. The van der Waals surface area contributed by atoms with Crippen molar-refractivity contribution in [1.29, 1.82) is 0 Å². The first-order valence-electron chi connectivity index (χ1n) is 13.3. The fraction of sp³-hybridized carbons (Fsp3) is 0.567. The second-order valence-corrected chi connectivity index (χ2v) is 9.53. The van der Waals surface area contributed by atoms with Crippen molar-refractivity contribution >= 4 is 5.91 Å². The molecular weight excluding hydrogens is 458 g/mol. The third-order valence-electron chi connectivity index (χ3n) is 6.14. The Morgan fingerprint density at radius 1 is 1.08 bits per heavy atom. The van der Waals surface area contributed by atoms with E-state index in [4.69, 9.17) is 10.5 Å². The number of ether oxygens (including phenoxy) is 1. The number of benzene rings is 2. The van der Waals surface area contributed by atoms with Gasteiger partial charge in [0.25, 0.3) is 11.8 Å². The summed E-state index contributed by atoms with van der Waals surface area (Å²) in [4.78, 5) is 12.3. The van der Waals surface area contributed by atoms with Crippen molar-refractivity contribution in [2.24, 2.45) is 5.73 Å². The first-order chi connectivity index (χ1) is 17.0. The minimum absolute atomic E-state index is 0.0220. The Morgan fingerprint density at radius 3 is 2.17 bits per heavy atom. The van der Waals surface area contributed by atoms with E-state index >= 15 is 0 Å². The van der Waals surface area contributed by atoms with Gasteiger partial charge in [0.15, 0.2) is 0 Å². The number of aryl methyl sites for hydroxylation is 2. The summed E-state index contributed by atoms with van der Waals surface area (Å²) in [5, 5.41) is 3.06. The molecule has 1 heterocycles. The van der Waals surface area contributed by atoms with E-state index in [0.717, 1.165) is 36.6 Å². The molecule has 0 fully saturated rings. The quantitative estimate of drug-likeness (QED) is 0.372. The first-order valence-corrected chi connectivity index (χ1v) is 13.3. The van der Waals surface area contributed by atoms with Gasteiger partial charge in [-0.3, -0.25) is 4.79 Å². The van der Waals surface area contributed by atoms with Crippen molar-refractivity contribution < 1.29 is 18.3 Å². The van der Waals surface area contributed by atoms with Crippen molar-refractivity contribution in [3.05, 3.63) is 64.7 Å². The lowest BCUT2D eigenvalue weighted by atomic mass is 9.99. The number of rotatable bonds is 8. The highest BCUT2D eigenvalue weighted by molar-refractivity contribution is 5.94. The van der Waals surface area contributed by atoms with E-state index < -0.39 is 12.0 Å². The van der Waals surface area contributed by atoms with Crippen LogP contribution in [0.2, 0.25) is 0 Å². The van der Waals surface area contributed by atoms with Crippen molar-refractivity contribution in [3.63, 3.8) is 0 Å². The van der Waals surface area contributed by atoms with Crippen LogP contribution in [0.4, 0.5) is 8.78 Å². The average Bonchev–Trinajstić information content (AvgIpc) is 2.87. The largest absolute Gasteiger partial charge is 0.491 e. The van der Waals surface area contributed by atoms with E-state index in [0.29, 0.717) is 18.6 Å². The Balaban J connectivity index is 0.000000384. The third kappa shape index (κ3) is 11.5. The van der Waals surface area contributed by atoms with Crippen LogP contribution in [-0.4, -0.2) is 30.5 Å². The Bertz CT molecular complexity index is 891. The maximum Gasteiger partial charge on any atom is 0.260 e. The smallest absolute Gasteiger partial charge is 0.260 e. The predicted molar refractivity (Wildman–Crippen MR) is 146 cm³/mol. The molecular formula is C30H46F2N2O2. The molecule has 0 bridgehead atoms. The van der Waals surface area contributed by atoms with Crippen molar-refractivity contribution in [2.45, 2.75) is 104 Å². The highest BCUT2D eigenvalue weighted by atomic mass is 19.3. The molecule has 1 amide bonds. The minimum atomic E-state index is -2.71. The lowest BCUT2D eigenvalue weighted by molar-refractivity contribution is -0.00632. The molecule has 4 nitrogen and oxygen atoms in total. The SMILES string of the molecule is CCC(N)C(C)(F)F.CCCCCC.CCc1ccc2c(c1)OCC(NC(=O)c1ccc(C)cc1)C2. The van der Waals surface area contributed by atoms with Crippen LogP contribution in [0.5, 0.6) is 5.75 Å². The van der Waals surface area contributed by atoms with Crippen LogP contribution in [-0.2, 0) is 12.8 Å². The first kappa shape index (κ1) is 31.6. The summed E-state index contributed by atoms with van der Waals surface area (Å²) in [7, 11) is 0. The molecule has 0 spiro atoms. The number of carbonyl (C=O) groups excluding carboxylic acids is 1. The van der Waals surface area contributed by atoms with Crippen LogP contribution in [0.25, 0.3) is 0 Å². The number of hydrogen-bond donors (Lipinski definition) is 2. The number of alkyl halides is 2.